The van der Waals surface area contributed by atoms with E-state index in [-0.39, 0.29) is 17.2 Å². The van der Waals surface area contributed by atoms with E-state index >= 15 is 0 Å². The molecule has 1 aromatic carbocycles. The van der Waals surface area contributed by atoms with Gasteiger partial charge in [-0.3, -0.25) is 9.59 Å². The molecule has 1 aromatic rings. The number of aromatic carboxylic acids is 1. The van der Waals surface area contributed by atoms with E-state index < -0.39 is 23.3 Å². The van der Waals surface area contributed by atoms with Crippen molar-refractivity contribution in [2.45, 2.75) is 33.7 Å². The van der Waals surface area contributed by atoms with E-state index in [4.69, 9.17) is 9.84 Å². The van der Waals surface area contributed by atoms with Crippen LogP contribution in [0.4, 0.5) is 5.69 Å². The molecular weight excluding hydrogens is 300 g/mol. The molecular formula is C16H22N2O5. The third-order valence-electron chi connectivity index (χ3n) is 3.12. The zero-order valence-corrected chi connectivity index (χ0v) is 13.9. The third kappa shape index (κ3) is 4.98. The van der Waals surface area contributed by atoms with Crippen molar-refractivity contribution in [3.63, 3.8) is 0 Å². The van der Waals surface area contributed by atoms with Crippen molar-refractivity contribution in [1.29, 1.82) is 0 Å². The monoisotopic (exact) mass is 322 g/mol. The number of carboxylic acid groups (broad SMARTS) is 1. The first-order valence-electron chi connectivity index (χ1n) is 7.09. The minimum absolute atomic E-state index is 0.000386. The van der Waals surface area contributed by atoms with Gasteiger partial charge in [0, 0.05) is 17.2 Å². The van der Waals surface area contributed by atoms with Gasteiger partial charge in [-0.05, 0) is 19.1 Å². The van der Waals surface area contributed by atoms with Crippen LogP contribution in [0.3, 0.4) is 0 Å². The van der Waals surface area contributed by atoms with Gasteiger partial charge >= 0.3 is 5.97 Å². The summed E-state index contributed by atoms with van der Waals surface area (Å²) in [5, 5.41) is 14.3. The average molecular weight is 322 g/mol. The van der Waals surface area contributed by atoms with Gasteiger partial charge in [0.2, 0.25) is 11.8 Å². The highest BCUT2D eigenvalue weighted by atomic mass is 16.5. The number of hydrogen-bond acceptors (Lipinski definition) is 4. The molecule has 1 unspecified atom stereocenters. The van der Waals surface area contributed by atoms with Crippen LogP contribution in [0.15, 0.2) is 18.2 Å². The topological polar surface area (TPSA) is 105 Å². The highest BCUT2D eigenvalue weighted by molar-refractivity contribution is 5.98. The van der Waals surface area contributed by atoms with E-state index in [1.165, 1.54) is 25.3 Å². The lowest BCUT2D eigenvalue weighted by Crippen LogP contribution is -2.46. The molecule has 0 aromatic heterocycles. The molecule has 23 heavy (non-hydrogen) atoms. The van der Waals surface area contributed by atoms with Crippen molar-refractivity contribution >= 4 is 23.5 Å². The van der Waals surface area contributed by atoms with Crippen LogP contribution in [-0.4, -0.2) is 36.0 Å². The average Bonchev–Trinajstić information content (AvgIpc) is 2.45. The lowest BCUT2D eigenvalue weighted by molar-refractivity contribution is -0.131. The summed E-state index contributed by atoms with van der Waals surface area (Å²) in [7, 11) is 1.35. The standard InChI is InChI=1S/C16H22N2O5/c1-9(17-15(22)16(2,3)4)13(19)18-10-6-7-11(14(20)21)12(8-10)23-5/h6-9H,1-5H3,(H,17,22)(H,18,19)(H,20,21). The molecule has 0 heterocycles. The molecule has 1 atom stereocenters. The molecule has 0 aliphatic rings. The Bertz CT molecular complexity index is 619. The Kier molecular flexibility index (Phi) is 5.73. The van der Waals surface area contributed by atoms with Gasteiger partial charge in [-0.1, -0.05) is 20.8 Å². The number of methoxy groups -OCH3 is 1. The molecule has 3 N–H and O–H groups in total. The fourth-order valence-electron chi connectivity index (χ4n) is 1.67. The van der Waals surface area contributed by atoms with Gasteiger partial charge in [0.05, 0.1) is 7.11 Å². The smallest absolute Gasteiger partial charge is 0.339 e. The largest absolute Gasteiger partial charge is 0.496 e. The molecule has 0 aliphatic heterocycles. The van der Waals surface area contributed by atoms with E-state index in [9.17, 15) is 14.4 Å². The summed E-state index contributed by atoms with van der Waals surface area (Å²) < 4.78 is 5.00. The Morgan fingerprint density at radius 1 is 1.22 bits per heavy atom. The Morgan fingerprint density at radius 2 is 1.83 bits per heavy atom. The van der Waals surface area contributed by atoms with Gasteiger partial charge in [-0.25, -0.2) is 4.79 Å². The van der Waals surface area contributed by atoms with E-state index in [0.717, 1.165) is 0 Å². The van der Waals surface area contributed by atoms with Crippen LogP contribution in [0, 0.1) is 5.41 Å². The summed E-state index contributed by atoms with van der Waals surface area (Å²) in [4.78, 5) is 35.0. The van der Waals surface area contributed by atoms with Crippen LogP contribution in [0.5, 0.6) is 5.75 Å². The van der Waals surface area contributed by atoms with Crippen molar-refractivity contribution in [3.05, 3.63) is 23.8 Å². The number of nitrogens with one attached hydrogen (secondary N) is 2. The summed E-state index contributed by atoms with van der Waals surface area (Å²) in [5.74, 6) is -1.63. The number of hydrogen-bond donors (Lipinski definition) is 3. The van der Waals surface area contributed by atoms with Crippen molar-refractivity contribution in [3.8, 4) is 5.75 Å². The molecule has 0 spiro atoms. The number of ether oxygens (including phenoxy) is 1. The molecule has 7 heteroatoms. The maximum atomic E-state index is 12.1. The summed E-state index contributed by atoms with van der Waals surface area (Å²) in [6.45, 7) is 6.83. The number of carbonyl (C=O) groups excluding carboxylic acids is 2. The second kappa shape index (κ2) is 7.13. The number of carbonyl (C=O) groups is 3. The Hall–Kier alpha value is -2.57. The second-order valence-electron chi connectivity index (χ2n) is 6.15. The molecule has 1 rings (SSSR count). The van der Waals surface area contributed by atoms with E-state index in [1.54, 1.807) is 27.7 Å². The Balaban J connectivity index is 2.81. The predicted molar refractivity (Wildman–Crippen MR) is 85.6 cm³/mol. The van der Waals surface area contributed by atoms with Crippen LogP contribution < -0.4 is 15.4 Å². The molecule has 0 fully saturated rings. The first-order valence-corrected chi connectivity index (χ1v) is 7.09. The number of rotatable bonds is 5. The maximum absolute atomic E-state index is 12.1. The quantitative estimate of drug-likeness (QED) is 0.768. The Morgan fingerprint density at radius 3 is 2.30 bits per heavy atom. The molecule has 0 saturated heterocycles. The van der Waals surface area contributed by atoms with Gasteiger partial charge < -0.3 is 20.5 Å². The van der Waals surface area contributed by atoms with Crippen LogP contribution >= 0.6 is 0 Å². The normalized spacial score (nSPS) is 12.2. The first-order chi connectivity index (χ1) is 10.6. The highest BCUT2D eigenvalue weighted by Gasteiger charge is 2.25. The summed E-state index contributed by atoms with van der Waals surface area (Å²) >= 11 is 0. The van der Waals surface area contributed by atoms with Crippen LogP contribution in [0.25, 0.3) is 0 Å². The zero-order chi connectivity index (χ0) is 17.8. The fraction of sp³-hybridized carbons (Fsp3) is 0.438. The van der Waals surface area contributed by atoms with Crippen molar-refractivity contribution in [1.82, 2.24) is 5.32 Å². The van der Waals surface area contributed by atoms with Crippen molar-refractivity contribution in [2.24, 2.45) is 5.41 Å². The molecule has 0 aliphatic carbocycles. The SMILES string of the molecule is COc1cc(NC(=O)C(C)NC(=O)C(C)(C)C)ccc1C(=O)O. The molecule has 0 bridgehead atoms. The highest BCUT2D eigenvalue weighted by Crippen LogP contribution is 2.23. The zero-order valence-electron chi connectivity index (χ0n) is 13.9. The van der Waals surface area contributed by atoms with Gasteiger partial charge in [0.1, 0.15) is 17.4 Å². The minimum Gasteiger partial charge on any atom is -0.496 e. The van der Waals surface area contributed by atoms with E-state index in [2.05, 4.69) is 10.6 Å². The number of amides is 2. The molecule has 126 valence electrons. The molecule has 2 amide bonds. The van der Waals surface area contributed by atoms with Gasteiger partial charge in [-0.2, -0.15) is 0 Å². The minimum atomic E-state index is -1.12. The van der Waals surface area contributed by atoms with Crippen LogP contribution in [0.1, 0.15) is 38.1 Å². The van der Waals surface area contributed by atoms with Crippen molar-refractivity contribution in [2.75, 3.05) is 12.4 Å². The number of benzene rings is 1. The van der Waals surface area contributed by atoms with Crippen LogP contribution in [0.2, 0.25) is 0 Å². The lowest BCUT2D eigenvalue weighted by atomic mass is 9.95. The third-order valence-corrected chi connectivity index (χ3v) is 3.12. The molecule has 0 saturated carbocycles. The van der Waals surface area contributed by atoms with Crippen LogP contribution in [-0.2, 0) is 9.59 Å². The lowest BCUT2D eigenvalue weighted by Gasteiger charge is -2.21. The van der Waals surface area contributed by atoms with Gasteiger partial charge in [0.15, 0.2) is 0 Å². The number of anilines is 1. The molecule has 7 nitrogen and oxygen atoms in total. The summed E-state index contributed by atoms with van der Waals surface area (Å²) in [6.07, 6.45) is 0. The van der Waals surface area contributed by atoms with Gasteiger partial charge in [-0.15, -0.1) is 0 Å². The maximum Gasteiger partial charge on any atom is 0.339 e. The predicted octanol–water partition coefficient (Wildman–Crippen LogP) is 1.88. The fourth-order valence-corrected chi connectivity index (χ4v) is 1.67. The molecule has 0 radical (unpaired) electrons. The second-order valence-corrected chi connectivity index (χ2v) is 6.15. The Labute approximate surface area is 135 Å². The summed E-state index contributed by atoms with van der Waals surface area (Å²) in [5.41, 5.74) is -0.214. The number of carboxylic acids is 1. The van der Waals surface area contributed by atoms with Crippen molar-refractivity contribution < 1.29 is 24.2 Å². The van der Waals surface area contributed by atoms with Gasteiger partial charge in [0.25, 0.3) is 0 Å². The van der Waals surface area contributed by atoms with E-state index in [1.807, 2.05) is 0 Å². The summed E-state index contributed by atoms with van der Waals surface area (Å²) in [6, 6.07) is 3.49. The first kappa shape index (κ1) is 18.5. The van der Waals surface area contributed by atoms with E-state index in [0.29, 0.717) is 5.69 Å².